The van der Waals surface area contributed by atoms with Crippen LogP contribution in [-0.2, 0) is 23.9 Å². The van der Waals surface area contributed by atoms with Crippen molar-refractivity contribution in [1.29, 1.82) is 0 Å². The molecule has 0 heterocycles. The summed E-state index contributed by atoms with van der Waals surface area (Å²) in [5.74, 6) is 0.448. The minimum absolute atomic E-state index is 0.0394. The summed E-state index contributed by atoms with van der Waals surface area (Å²) in [6, 6.07) is -0.621. The van der Waals surface area contributed by atoms with Crippen molar-refractivity contribution in [3.05, 3.63) is 12.7 Å². The first kappa shape index (κ1) is 64.0. The second-order valence-electron chi connectivity index (χ2n) is 19.8. The maximum Gasteiger partial charge on any atom is 0.329 e. The first-order chi connectivity index (χ1) is 32.3. The van der Waals surface area contributed by atoms with Gasteiger partial charge in [-0.1, -0.05) is 257 Å². The van der Waals surface area contributed by atoms with Crippen LogP contribution in [0.5, 0.6) is 0 Å². The Morgan fingerprint density at radius 2 is 0.758 bits per heavy atom. The molecule has 2 atom stereocenters. The predicted octanol–water partition coefficient (Wildman–Crippen LogP) is 17.3. The predicted molar refractivity (Wildman–Crippen MR) is 283 cm³/mol. The fourth-order valence-electron chi connectivity index (χ4n) is 9.13. The Morgan fingerprint density at radius 1 is 0.455 bits per heavy atom. The minimum Gasteiger partial charge on any atom is -0.481 e. The van der Waals surface area contributed by atoms with E-state index in [1.165, 1.54) is 225 Å². The Labute approximate surface area is 412 Å². The lowest BCUT2D eigenvalue weighted by atomic mass is 9.95. The van der Waals surface area contributed by atoms with Crippen molar-refractivity contribution in [3.63, 3.8) is 0 Å². The van der Waals surface area contributed by atoms with Crippen LogP contribution in [-0.4, -0.2) is 58.2 Å². The summed E-state index contributed by atoms with van der Waals surface area (Å²) in [6.45, 7) is 6.14. The molecule has 0 radical (unpaired) electrons. The van der Waals surface area contributed by atoms with Crippen LogP contribution in [0.4, 0.5) is 0 Å². The zero-order chi connectivity index (χ0) is 48.2. The Morgan fingerprint density at radius 3 is 1.08 bits per heavy atom. The van der Waals surface area contributed by atoms with Crippen LogP contribution in [0.25, 0.3) is 0 Å². The number of rotatable bonds is 55. The summed E-state index contributed by atoms with van der Waals surface area (Å²) < 4.78 is 5.45. The van der Waals surface area contributed by atoms with Gasteiger partial charge >= 0.3 is 17.9 Å². The summed E-state index contributed by atoms with van der Waals surface area (Å²) in [5, 5.41) is 20.6. The van der Waals surface area contributed by atoms with Crippen molar-refractivity contribution >= 4 is 35.6 Å². The van der Waals surface area contributed by atoms with E-state index in [4.69, 9.17) is 14.9 Å². The minimum atomic E-state index is -0.678. The molecule has 1 unspecified atom stereocenters. The fraction of sp³-hybridized carbons (Fsp3) is 0.895. The van der Waals surface area contributed by atoms with Crippen LogP contribution in [0.1, 0.15) is 296 Å². The van der Waals surface area contributed by atoms with E-state index in [2.05, 4.69) is 18.8 Å². The molecular weight excluding hydrogens is 843 g/mol. The Bertz CT molecular complexity index is 1100. The molecule has 0 bridgehead atoms. The normalized spacial score (nSPS) is 12.3. The van der Waals surface area contributed by atoms with E-state index in [1.54, 1.807) is 6.08 Å². The Balaban J connectivity index is 4.62. The molecular formula is C57H107NO7S. The number of hydrogen-bond donors (Lipinski definition) is 3. The van der Waals surface area contributed by atoms with Gasteiger partial charge in [0, 0.05) is 25.0 Å². The zero-order valence-electron chi connectivity index (χ0n) is 43.2. The number of nitrogens with one attached hydrogen (secondary N) is 1. The molecule has 1 amide bonds. The number of carbonyl (C=O) groups excluding carboxylic acids is 2. The number of aliphatic carboxylic acids is 2. The number of carboxylic acids is 2. The van der Waals surface area contributed by atoms with E-state index in [0.717, 1.165) is 50.7 Å². The molecule has 0 aromatic carbocycles. The average Bonchev–Trinajstić information content (AvgIpc) is 3.29. The van der Waals surface area contributed by atoms with E-state index >= 15 is 0 Å². The first-order valence-corrected chi connectivity index (χ1v) is 29.5. The first-order valence-electron chi connectivity index (χ1n) is 28.4. The van der Waals surface area contributed by atoms with Gasteiger partial charge in [0.25, 0.3) is 0 Å². The van der Waals surface area contributed by atoms with Gasteiger partial charge in [-0.15, -0.1) is 0 Å². The maximum atomic E-state index is 13.1. The highest BCUT2D eigenvalue weighted by atomic mass is 32.2. The molecule has 66 heavy (non-hydrogen) atoms. The second-order valence-corrected chi connectivity index (χ2v) is 20.9. The summed E-state index contributed by atoms with van der Waals surface area (Å²) in [7, 11) is 0. The van der Waals surface area contributed by atoms with Gasteiger partial charge in [0.05, 0.1) is 0 Å². The third-order valence-electron chi connectivity index (χ3n) is 13.4. The molecule has 0 aliphatic rings. The maximum absolute atomic E-state index is 13.1. The fourth-order valence-corrected chi connectivity index (χ4v) is 10.4. The third-order valence-corrected chi connectivity index (χ3v) is 14.6. The van der Waals surface area contributed by atoms with Crippen molar-refractivity contribution in [1.82, 2.24) is 5.32 Å². The SMILES string of the molecule is C=CCOC(=O)[C@H](CSCC(CCCCCCCCCCCCCCCCC(=O)O)CCCCCCCCCCCCCCCC(=O)O)NC(=O)CCCCCCCCCCCCCCC. The van der Waals surface area contributed by atoms with Crippen molar-refractivity contribution in [2.24, 2.45) is 5.92 Å². The molecule has 9 heteroatoms. The van der Waals surface area contributed by atoms with Crippen LogP contribution < -0.4 is 5.32 Å². The Hall–Kier alpha value is -2.03. The van der Waals surface area contributed by atoms with Crippen LogP contribution in [0, 0.1) is 5.92 Å². The second kappa shape index (κ2) is 52.3. The molecule has 0 aromatic heterocycles. The lowest BCUT2D eigenvalue weighted by Gasteiger charge is -2.20. The average molecular weight is 951 g/mol. The Kier molecular flexibility index (Phi) is 50.7. The van der Waals surface area contributed by atoms with Gasteiger partial charge in [-0.25, -0.2) is 4.79 Å². The van der Waals surface area contributed by atoms with E-state index < -0.39 is 18.0 Å². The molecule has 0 spiro atoms. The van der Waals surface area contributed by atoms with Gasteiger partial charge < -0.3 is 20.3 Å². The highest BCUT2D eigenvalue weighted by Gasteiger charge is 2.23. The third kappa shape index (κ3) is 49.9. The van der Waals surface area contributed by atoms with Crippen molar-refractivity contribution < 1.29 is 34.1 Å². The van der Waals surface area contributed by atoms with Gasteiger partial charge in [0.2, 0.25) is 5.91 Å². The molecule has 0 saturated heterocycles. The lowest BCUT2D eigenvalue weighted by Crippen LogP contribution is -2.43. The summed E-state index contributed by atoms with van der Waals surface area (Å²) in [4.78, 5) is 47.4. The van der Waals surface area contributed by atoms with Crippen molar-refractivity contribution in [2.45, 2.75) is 302 Å². The number of hydrogen-bond acceptors (Lipinski definition) is 6. The molecule has 8 nitrogen and oxygen atoms in total. The molecule has 0 aliphatic carbocycles. The molecule has 0 fully saturated rings. The van der Waals surface area contributed by atoms with E-state index in [9.17, 15) is 19.2 Å². The summed E-state index contributed by atoms with van der Waals surface area (Å²) in [5.41, 5.74) is 0. The highest BCUT2D eigenvalue weighted by Crippen LogP contribution is 2.25. The molecule has 0 rings (SSSR count). The summed E-state index contributed by atoms with van der Waals surface area (Å²) >= 11 is 1.81. The van der Waals surface area contributed by atoms with E-state index in [0.29, 0.717) is 30.9 Å². The number of esters is 1. The lowest BCUT2D eigenvalue weighted by molar-refractivity contribution is -0.146. The van der Waals surface area contributed by atoms with Crippen molar-refractivity contribution in [3.8, 4) is 0 Å². The van der Waals surface area contributed by atoms with Crippen LogP contribution in [0.3, 0.4) is 0 Å². The zero-order valence-corrected chi connectivity index (χ0v) is 44.0. The quantitative estimate of drug-likeness (QED) is 0.0312. The van der Waals surface area contributed by atoms with Gasteiger partial charge in [0.15, 0.2) is 0 Å². The molecule has 0 aromatic rings. The molecule has 3 N–H and O–H groups in total. The largest absolute Gasteiger partial charge is 0.481 e. The smallest absolute Gasteiger partial charge is 0.329 e. The van der Waals surface area contributed by atoms with E-state index in [-0.39, 0.29) is 18.5 Å². The summed E-state index contributed by atoms with van der Waals surface area (Å²) in [6.07, 6.45) is 55.0. The number of carboxylic acid groups (broad SMARTS) is 2. The van der Waals surface area contributed by atoms with Crippen molar-refractivity contribution in [2.75, 3.05) is 18.1 Å². The van der Waals surface area contributed by atoms with Gasteiger partial charge in [0.1, 0.15) is 12.6 Å². The van der Waals surface area contributed by atoms with Gasteiger partial charge in [-0.3, -0.25) is 14.4 Å². The molecule has 0 aliphatic heterocycles. The standard InChI is InChI=1S/C57H107NO7S/c1-3-5-6-7-8-9-10-14-21-26-31-36-41-46-54(59)58-53(57(64)65-49-4-2)51-66-50-52(45-40-35-30-25-20-16-13-18-23-28-33-38-43-48-56(62)63)44-39-34-29-24-19-15-11-12-17-22-27-32-37-42-47-55(60)61/h4,52-53H,2-3,5-51H2,1H3,(H,58,59)(H,60,61)(H,62,63)/t52?,53-/m0/s1. The van der Waals surface area contributed by atoms with Crippen LogP contribution >= 0.6 is 11.8 Å². The monoisotopic (exact) mass is 950 g/mol. The number of unbranched alkanes of at least 4 members (excludes halogenated alkanes) is 37. The molecule has 0 saturated carbocycles. The van der Waals surface area contributed by atoms with Gasteiger partial charge in [-0.05, 0) is 43.8 Å². The number of ether oxygens (including phenoxy) is 1. The van der Waals surface area contributed by atoms with Crippen LogP contribution in [0.2, 0.25) is 0 Å². The molecule has 388 valence electrons. The van der Waals surface area contributed by atoms with E-state index in [1.807, 2.05) is 11.8 Å². The highest BCUT2D eigenvalue weighted by molar-refractivity contribution is 7.99. The number of amides is 1. The van der Waals surface area contributed by atoms with Crippen LogP contribution in [0.15, 0.2) is 12.7 Å². The van der Waals surface area contributed by atoms with Gasteiger partial charge in [-0.2, -0.15) is 11.8 Å². The number of carbonyl (C=O) groups is 4. The number of thioether (sulfide) groups is 1. The topological polar surface area (TPSA) is 130 Å².